The molecule has 0 spiro atoms. The van der Waals surface area contributed by atoms with Gasteiger partial charge in [0.05, 0.1) is 5.41 Å². The molecule has 2 aliphatic rings. The molecule has 36 heavy (non-hydrogen) atoms. The molecule has 2 heterocycles. The lowest BCUT2D eigenvalue weighted by Gasteiger charge is -2.32. The second kappa shape index (κ2) is 12.0. The molecule has 1 aromatic heterocycles. The van der Waals surface area contributed by atoms with Crippen LogP contribution >= 0.6 is 0 Å². The fourth-order valence-electron chi connectivity index (χ4n) is 5.54. The number of piperidine rings is 1. The second-order valence-electron chi connectivity index (χ2n) is 10.6. The Labute approximate surface area is 214 Å². The number of pyridine rings is 1. The van der Waals surface area contributed by atoms with Crippen LogP contribution in [0.25, 0.3) is 0 Å². The molecule has 0 radical (unpaired) electrons. The molecule has 0 atom stereocenters. The molecule has 7 heteroatoms. The van der Waals surface area contributed by atoms with Gasteiger partial charge in [-0.15, -0.1) is 0 Å². The summed E-state index contributed by atoms with van der Waals surface area (Å²) in [6.07, 6.45) is 6.69. The van der Waals surface area contributed by atoms with Gasteiger partial charge in [-0.1, -0.05) is 44.9 Å². The third-order valence-electron chi connectivity index (χ3n) is 7.78. The number of halogens is 1. The SMILES string of the molecule is CC(C)C(=O)Nc1cccc(C2CCN(CCCNC(=O)C3(c4ccc(F)cc4)CCCC3)CC2)n1. The van der Waals surface area contributed by atoms with E-state index in [0.29, 0.717) is 18.3 Å². The Hall–Kier alpha value is -2.80. The molecule has 2 aromatic rings. The Morgan fingerprint density at radius 3 is 2.44 bits per heavy atom. The van der Waals surface area contributed by atoms with E-state index >= 15 is 0 Å². The van der Waals surface area contributed by atoms with Gasteiger partial charge in [-0.3, -0.25) is 9.59 Å². The normalized spacial score (nSPS) is 18.3. The summed E-state index contributed by atoms with van der Waals surface area (Å²) < 4.78 is 13.4. The number of carbonyl (C=O) groups excluding carboxylic acids is 2. The van der Waals surface area contributed by atoms with Crippen LogP contribution in [0.2, 0.25) is 0 Å². The number of hydrogen-bond donors (Lipinski definition) is 2. The highest BCUT2D eigenvalue weighted by molar-refractivity contribution is 5.91. The molecule has 1 aliphatic heterocycles. The molecular weight excluding hydrogens is 455 g/mol. The first kappa shape index (κ1) is 26.3. The van der Waals surface area contributed by atoms with E-state index in [-0.39, 0.29) is 23.5 Å². The number of nitrogens with one attached hydrogen (secondary N) is 2. The van der Waals surface area contributed by atoms with Crippen molar-refractivity contribution in [2.24, 2.45) is 5.92 Å². The molecule has 6 nitrogen and oxygen atoms in total. The van der Waals surface area contributed by atoms with Gasteiger partial charge < -0.3 is 15.5 Å². The van der Waals surface area contributed by atoms with E-state index in [1.165, 1.54) is 12.1 Å². The number of carbonyl (C=O) groups is 2. The molecule has 1 saturated heterocycles. The van der Waals surface area contributed by atoms with Gasteiger partial charge in [0.2, 0.25) is 11.8 Å². The van der Waals surface area contributed by atoms with E-state index in [4.69, 9.17) is 4.98 Å². The van der Waals surface area contributed by atoms with E-state index in [0.717, 1.165) is 75.8 Å². The van der Waals surface area contributed by atoms with Crippen molar-refractivity contribution >= 4 is 17.6 Å². The third-order valence-corrected chi connectivity index (χ3v) is 7.78. The molecule has 1 aliphatic carbocycles. The predicted molar refractivity (Wildman–Crippen MR) is 140 cm³/mol. The van der Waals surface area contributed by atoms with Gasteiger partial charge in [-0.05, 0) is 81.6 Å². The zero-order valence-electron chi connectivity index (χ0n) is 21.6. The molecule has 0 unspecified atom stereocenters. The van der Waals surface area contributed by atoms with Crippen molar-refractivity contribution in [2.75, 3.05) is 31.5 Å². The molecule has 194 valence electrons. The maximum atomic E-state index is 13.4. The summed E-state index contributed by atoms with van der Waals surface area (Å²) in [6, 6.07) is 12.3. The highest BCUT2D eigenvalue weighted by atomic mass is 19.1. The number of nitrogens with zero attached hydrogens (tertiary/aromatic N) is 2. The van der Waals surface area contributed by atoms with E-state index in [9.17, 15) is 14.0 Å². The summed E-state index contributed by atoms with van der Waals surface area (Å²) in [5.74, 6) is 0.756. The highest BCUT2D eigenvalue weighted by Crippen LogP contribution is 2.41. The van der Waals surface area contributed by atoms with Gasteiger partial charge in [0.25, 0.3) is 0 Å². The van der Waals surface area contributed by atoms with Gasteiger partial charge in [0, 0.05) is 24.1 Å². The van der Waals surface area contributed by atoms with Crippen molar-refractivity contribution in [1.29, 1.82) is 0 Å². The van der Waals surface area contributed by atoms with Crippen molar-refractivity contribution in [3.8, 4) is 0 Å². The minimum absolute atomic E-state index is 0.0157. The van der Waals surface area contributed by atoms with Gasteiger partial charge in [-0.25, -0.2) is 9.37 Å². The number of amides is 2. The van der Waals surface area contributed by atoms with Crippen LogP contribution in [0.5, 0.6) is 0 Å². The lowest BCUT2D eigenvalue weighted by molar-refractivity contribution is -0.126. The number of anilines is 1. The summed E-state index contributed by atoms with van der Waals surface area (Å²) in [5, 5.41) is 6.08. The molecule has 0 bridgehead atoms. The van der Waals surface area contributed by atoms with Gasteiger partial charge in [0.15, 0.2) is 0 Å². The molecule has 1 saturated carbocycles. The average molecular weight is 495 g/mol. The summed E-state index contributed by atoms with van der Waals surface area (Å²) in [6.45, 7) is 7.36. The summed E-state index contributed by atoms with van der Waals surface area (Å²) in [5.41, 5.74) is 1.47. The Morgan fingerprint density at radius 1 is 1.08 bits per heavy atom. The zero-order chi connectivity index (χ0) is 25.5. The largest absolute Gasteiger partial charge is 0.355 e. The van der Waals surface area contributed by atoms with Crippen LogP contribution in [0.3, 0.4) is 0 Å². The molecule has 2 fully saturated rings. The zero-order valence-corrected chi connectivity index (χ0v) is 21.6. The standard InChI is InChI=1S/C29H39FN4O2/c1-21(2)27(35)33-26-8-5-7-25(32-26)22-13-19-34(20-14-22)18-6-17-31-28(36)29(15-3-4-16-29)23-9-11-24(30)12-10-23/h5,7-12,21-22H,3-4,6,13-20H2,1-2H3,(H,31,36)(H,32,33,35). The van der Waals surface area contributed by atoms with Crippen LogP contribution in [0, 0.1) is 11.7 Å². The van der Waals surface area contributed by atoms with Crippen LogP contribution in [0.4, 0.5) is 10.2 Å². The van der Waals surface area contributed by atoms with Crippen LogP contribution in [0.1, 0.15) is 76.0 Å². The summed E-state index contributed by atoms with van der Waals surface area (Å²) in [4.78, 5) is 32.3. The molecule has 1 aromatic carbocycles. The lowest BCUT2D eigenvalue weighted by Crippen LogP contribution is -2.43. The van der Waals surface area contributed by atoms with Crippen LogP contribution < -0.4 is 10.6 Å². The first-order valence-corrected chi connectivity index (χ1v) is 13.4. The Bertz CT molecular complexity index is 1030. The number of rotatable bonds is 9. The van der Waals surface area contributed by atoms with Crippen molar-refractivity contribution < 1.29 is 14.0 Å². The minimum Gasteiger partial charge on any atom is -0.355 e. The highest BCUT2D eigenvalue weighted by Gasteiger charge is 2.42. The molecule has 4 rings (SSSR count). The van der Waals surface area contributed by atoms with Crippen molar-refractivity contribution in [1.82, 2.24) is 15.2 Å². The van der Waals surface area contributed by atoms with Crippen molar-refractivity contribution in [3.05, 3.63) is 59.5 Å². The average Bonchev–Trinajstić information content (AvgIpc) is 3.39. The van der Waals surface area contributed by atoms with Gasteiger partial charge in [-0.2, -0.15) is 0 Å². The topological polar surface area (TPSA) is 74.3 Å². The monoisotopic (exact) mass is 494 g/mol. The Balaban J connectivity index is 1.21. The van der Waals surface area contributed by atoms with E-state index in [2.05, 4.69) is 21.6 Å². The van der Waals surface area contributed by atoms with Gasteiger partial charge >= 0.3 is 0 Å². The molecule has 2 amide bonds. The van der Waals surface area contributed by atoms with E-state index in [1.54, 1.807) is 12.1 Å². The Kier molecular flexibility index (Phi) is 8.72. The fraction of sp³-hybridized carbons (Fsp3) is 0.552. The smallest absolute Gasteiger partial charge is 0.230 e. The molecular formula is C29H39FN4O2. The fourth-order valence-corrected chi connectivity index (χ4v) is 5.54. The summed E-state index contributed by atoms with van der Waals surface area (Å²) >= 11 is 0. The number of hydrogen-bond acceptors (Lipinski definition) is 4. The van der Waals surface area contributed by atoms with Crippen LogP contribution in [0.15, 0.2) is 42.5 Å². The Morgan fingerprint density at radius 2 is 1.78 bits per heavy atom. The number of aromatic nitrogens is 1. The van der Waals surface area contributed by atoms with E-state index in [1.807, 2.05) is 26.0 Å². The number of likely N-dealkylation sites (tertiary alicyclic amines) is 1. The van der Waals surface area contributed by atoms with Crippen molar-refractivity contribution in [3.63, 3.8) is 0 Å². The van der Waals surface area contributed by atoms with Crippen LogP contribution in [-0.4, -0.2) is 47.9 Å². The van der Waals surface area contributed by atoms with E-state index < -0.39 is 5.41 Å². The molecule has 2 N–H and O–H groups in total. The first-order valence-electron chi connectivity index (χ1n) is 13.4. The second-order valence-corrected chi connectivity index (χ2v) is 10.6. The third kappa shape index (κ3) is 6.30. The summed E-state index contributed by atoms with van der Waals surface area (Å²) in [7, 11) is 0. The predicted octanol–water partition coefficient (Wildman–Crippen LogP) is 5.01. The van der Waals surface area contributed by atoms with Crippen molar-refractivity contribution in [2.45, 2.75) is 70.1 Å². The number of benzene rings is 1. The lowest BCUT2D eigenvalue weighted by atomic mass is 9.78. The maximum Gasteiger partial charge on any atom is 0.230 e. The van der Waals surface area contributed by atoms with Crippen LogP contribution in [-0.2, 0) is 15.0 Å². The van der Waals surface area contributed by atoms with Gasteiger partial charge in [0.1, 0.15) is 11.6 Å². The minimum atomic E-state index is -0.512. The first-order chi connectivity index (χ1) is 17.4. The quantitative estimate of drug-likeness (QED) is 0.481. The maximum absolute atomic E-state index is 13.4.